The monoisotopic (exact) mass is 368 g/mol. The van der Waals surface area contributed by atoms with Crippen LogP contribution in [0.2, 0.25) is 5.02 Å². The van der Waals surface area contributed by atoms with Crippen LogP contribution in [0.15, 0.2) is 28.6 Å². The van der Waals surface area contributed by atoms with E-state index in [0.29, 0.717) is 21.1 Å². The molecule has 0 spiro atoms. The summed E-state index contributed by atoms with van der Waals surface area (Å²) in [6.07, 6.45) is 2.12. The zero-order valence-electron chi connectivity index (χ0n) is 11.9. The second-order valence-corrected chi connectivity index (χ2v) is 7.60. The van der Waals surface area contributed by atoms with Crippen molar-refractivity contribution in [3.63, 3.8) is 0 Å². The lowest BCUT2D eigenvalue weighted by atomic mass is 10.3. The summed E-state index contributed by atoms with van der Waals surface area (Å²) in [6, 6.07) is 7.14. The lowest BCUT2D eigenvalue weighted by Gasteiger charge is -2.02. The van der Waals surface area contributed by atoms with E-state index in [1.165, 1.54) is 11.8 Å². The molecule has 0 saturated heterocycles. The number of thioether (sulfide) groups is 1. The molecule has 0 atom stereocenters. The Hall–Kier alpha value is -1.64. The third-order valence-corrected chi connectivity index (χ3v) is 5.28. The number of carbonyl (C=O) groups is 2. The van der Waals surface area contributed by atoms with Gasteiger partial charge in [0.15, 0.2) is 4.34 Å². The van der Waals surface area contributed by atoms with Crippen molar-refractivity contribution in [2.75, 3.05) is 11.1 Å². The number of anilines is 1. The van der Waals surface area contributed by atoms with E-state index in [1.807, 2.05) is 0 Å². The van der Waals surface area contributed by atoms with Crippen LogP contribution < -0.4 is 10.6 Å². The van der Waals surface area contributed by atoms with Gasteiger partial charge in [0.25, 0.3) is 5.91 Å². The maximum atomic E-state index is 12.1. The van der Waals surface area contributed by atoms with Crippen LogP contribution in [0.3, 0.4) is 0 Å². The first-order chi connectivity index (χ1) is 11.1. The van der Waals surface area contributed by atoms with Gasteiger partial charge in [-0.05, 0) is 37.1 Å². The van der Waals surface area contributed by atoms with Crippen LogP contribution in [-0.2, 0) is 4.79 Å². The van der Waals surface area contributed by atoms with Crippen LogP contribution in [0.1, 0.15) is 22.6 Å². The molecule has 1 heterocycles. The van der Waals surface area contributed by atoms with Gasteiger partial charge in [0, 0.05) is 16.8 Å². The number of hydrogen-bond donors (Lipinski definition) is 2. The Morgan fingerprint density at radius 3 is 2.70 bits per heavy atom. The van der Waals surface area contributed by atoms with Crippen molar-refractivity contribution in [3.05, 3.63) is 34.3 Å². The van der Waals surface area contributed by atoms with Crippen LogP contribution in [0, 0.1) is 0 Å². The van der Waals surface area contributed by atoms with E-state index in [4.69, 9.17) is 11.6 Å². The largest absolute Gasteiger partial charge is 0.353 e. The topological polar surface area (TPSA) is 84.0 Å². The van der Waals surface area contributed by atoms with Crippen molar-refractivity contribution in [1.29, 1.82) is 0 Å². The molecule has 2 amide bonds. The third kappa shape index (κ3) is 4.92. The van der Waals surface area contributed by atoms with E-state index < -0.39 is 0 Å². The predicted octanol–water partition coefficient (Wildman–Crippen LogP) is 2.81. The van der Waals surface area contributed by atoms with E-state index in [2.05, 4.69) is 20.8 Å². The molecule has 1 fully saturated rings. The summed E-state index contributed by atoms with van der Waals surface area (Å²) in [5.41, 5.74) is 0.632. The zero-order valence-corrected chi connectivity index (χ0v) is 14.3. The van der Waals surface area contributed by atoms with Crippen LogP contribution in [0.25, 0.3) is 0 Å². The average molecular weight is 369 g/mol. The number of nitrogens with zero attached hydrogens (tertiary/aromatic N) is 2. The van der Waals surface area contributed by atoms with Crippen molar-refractivity contribution in [3.8, 4) is 0 Å². The molecule has 1 aromatic carbocycles. The van der Waals surface area contributed by atoms with Crippen molar-refractivity contribution in [2.24, 2.45) is 0 Å². The molecule has 1 aliphatic rings. The summed E-state index contributed by atoms with van der Waals surface area (Å²) >= 11 is 8.24. The van der Waals surface area contributed by atoms with E-state index in [0.717, 1.165) is 24.2 Å². The fourth-order valence-corrected chi connectivity index (χ4v) is 3.39. The Morgan fingerprint density at radius 2 is 2.00 bits per heavy atom. The molecule has 1 saturated carbocycles. The molecular formula is C14H13ClN4O2S2. The number of carbonyl (C=O) groups excluding carboxylic acids is 2. The Bertz CT molecular complexity index is 716. The van der Waals surface area contributed by atoms with Gasteiger partial charge in [-0.3, -0.25) is 9.59 Å². The minimum atomic E-state index is -0.334. The first-order valence-electron chi connectivity index (χ1n) is 6.93. The van der Waals surface area contributed by atoms with Crippen molar-refractivity contribution >= 4 is 52.2 Å². The fraction of sp³-hybridized carbons (Fsp3) is 0.286. The van der Waals surface area contributed by atoms with Gasteiger partial charge in [0.05, 0.1) is 5.75 Å². The van der Waals surface area contributed by atoms with Crippen molar-refractivity contribution in [1.82, 2.24) is 15.5 Å². The van der Waals surface area contributed by atoms with Crippen LogP contribution in [0.5, 0.6) is 0 Å². The summed E-state index contributed by atoms with van der Waals surface area (Å²) in [5.74, 6) is -0.0665. The standard InChI is InChI=1S/C14H13ClN4O2S2/c15-8-1-3-10(4-2-8)17-12(21)13-18-19-14(23-13)22-7-11(20)16-9-5-6-9/h1-4,9H,5-7H2,(H,16,20)(H,17,21). The number of rotatable bonds is 6. The van der Waals surface area contributed by atoms with Gasteiger partial charge in [0.2, 0.25) is 10.9 Å². The second-order valence-electron chi connectivity index (χ2n) is 4.96. The molecule has 9 heteroatoms. The van der Waals surface area contributed by atoms with Gasteiger partial charge in [-0.2, -0.15) is 0 Å². The van der Waals surface area contributed by atoms with E-state index in [-0.39, 0.29) is 22.6 Å². The van der Waals surface area contributed by atoms with E-state index >= 15 is 0 Å². The van der Waals surface area contributed by atoms with E-state index in [1.54, 1.807) is 24.3 Å². The Balaban J connectivity index is 1.52. The lowest BCUT2D eigenvalue weighted by molar-refractivity contribution is -0.118. The van der Waals surface area contributed by atoms with Gasteiger partial charge in [-0.1, -0.05) is 34.7 Å². The molecule has 1 aromatic heterocycles. The zero-order chi connectivity index (χ0) is 16.2. The summed E-state index contributed by atoms with van der Waals surface area (Å²) < 4.78 is 0.595. The molecule has 0 unspecified atom stereocenters. The maximum absolute atomic E-state index is 12.1. The lowest BCUT2D eigenvalue weighted by Crippen LogP contribution is -2.26. The average Bonchev–Trinajstić information content (AvgIpc) is 3.21. The van der Waals surface area contributed by atoms with Gasteiger partial charge in [-0.15, -0.1) is 10.2 Å². The van der Waals surface area contributed by atoms with Crippen LogP contribution >= 0.6 is 34.7 Å². The molecule has 0 bridgehead atoms. The first kappa shape index (κ1) is 16.2. The molecule has 120 valence electrons. The highest BCUT2D eigenvalue weighted by atomic mass is 35.5. The fourth-order valence-electron chi connectivity index (χ4n) is 1.70. The van der Waals surface area contributed by atoms with E-state index in [9.17, 15) is 9.59 Å². The molecule has 2 aromatic rings. The number of hydrogen-bond acceptors (Lipinski definition) is 6. The molecule has 2 N–H and O–H groups in total. The minimum absolute atomic E-state index is 0.0140. The molecule has 1 aliphatic carbocycles. The number of benzene rings is 1. The Labute approximate surface area is 146 Å². The number of amides is 2. The smallest absolute Gasteiger partial charge is 0.286 e. The highest BCUT2D eigenvalue weighted by Gasteiger charge is 2.23. The van der Waals surface area contributed by atoms with Gasteiger partial charge in [-0.25, -0.2) is 0 Å². The maximum Gasteiger partial charge on any atom is 0.286 e. The first-order valence-corrected chi connectivity index (χ1v) is 9.11. The quantitative estimate of drug-likeness (QED) is 0.766. The molecule has 23 heavy (non-hydrogen) atoms. The second kappa shape index (κ2) is 7.29. The van der Waals surface area contributed by atoms with Gasteiger partial charge in [0.1, 0.15) is 0 Å². The summed E-state index contributed by atoms with van der Waals surface area (Å²) in [5, 5.41) is 14.3. The van der Waals surface area contributed by atoms with Crippen LogP contribution in [0.4, 0.5) is 5.69 Å². The summed E-state index contributed by atoms with van der Waals surface area (Å²) in [7, 11) is 0. The number of halogens is 1. The van der Waals surface area contributed by atoms with Crippen LogP contribution in [-0.4, -0.2) is 33.8 Å². The van der Waals surface area contributed by atoms with Crippen molar-refractivity contribution < 1.29 is 9.59 Å². The normalized spacial score (nSPS) is 13.6. The highest BCUT2D eigenvalue weighted by Crippen LogP contribution is 2.24. The Morgan fingerprint density at radius 1 is 1.26 bits per heavy atom. The number of aromatic nitrogens is 2. The SMILES string of the molecule is O=C(CSc1nnc(C(=O)Nc2ccc(Cl)cc2)s1)NC1CC1. The highest BCUT2D eigenvalue weighted by molar-refractivity contribution is 8.01. The molecule has 0 radical (unpaired) electrons. The Kier molecular flexibility index (Phi) is 5.14. The third-order valence-electron chi connectivity index (χ3n) is 2.97. The number of nitrogens with one attached hydrogen (secondary N) is 2. The molecule has 6 nitrogen and oxygen atoms in total. The van der Waals surface area contributed by atoms with Crippen molar-refractivity contribution in [2.45, 2.75) is 23.2 Å². The van der Waals surface area contributed by atoms with Gasteiger partial charge >= 0.3 is 0 Å². The molecule has 0 aliphatic heterocycles. The predicted molar refractivity (Wildman–Crippen MR) is 91.2 cm³/mol. The minimum Gasteiger partial charge on any atom is -0.353 e. The molecule has 3 rings (SSSR count). The molecular weight excluding hydrogens is 356 g/mol. The van der Waals surface area contributed by atoms with Gasteiger partial charge < -0.3 is 10.6 Å². The summed E-state index contributed by atoms with van der Waals surface area (Å²) in [4.78, 5) is 23.7. The summed E-state index contributed by atoms with van der Waals surface area (Å²) in [6.45, 7) is 0.